The number of methoxy groups -OCH3 is 2. The first kappa shape index (κ1) is 15.6. The fourth-order valence-electron chi connectivity index (χ4n) is 2.05. The SMILES string of the molecule is COC(=O)N(C)CC(=O)Nc1ccc(OC)c2ncccc12. The van der Waals surface area contributed by atoms with Gasteiger partial charge in [-0.05, 0) is 24.3 Å². The Balaban J connectivity index is 2.22. The first-order valence-electron chi connectivity index (χ1n) is 6.57. The summed E-state index contributed by atoms with van der Waals surface area (Å²) in [4.78, 5) is 28.8. The molecular formula is C15H17N3O4. The van der Waals surface area contributed by atoms with Crippen molar-refractivity contribution in [3.63, 3.8) is 0 Å². The summed E-state index contributed by atoms with van der Waals surface area (Å²) in [6.45, 7) is -0.111. The Bertz CT molecular complexity index is 702. The summed E-state index contributed by atoms with van der Waals surface area (Å²) in [5, 5.41) is 3.52. The highest BCUT2D eigenvalue weighted by Crippen LogP contribution is 2.29. The lowest BCUT2D eigenvalue weighted by Crippen LogP contribution is -2.34. The number of aromatic nitrogens is 1. The van der Waals surface area contributed by atoms with Gasteiger partial charge in [0.25, 0.3) is 0 Å². The monoisotopic (exact) mass is 303 g/mol. The largest absolute Gasteiger partial charge is 0.494 e. The molecule has 7 heteroatoms. The van der Waals surface area contributed by atoms with Crippen molar-refractivity contribution in [1.82, 2.24) is 9.88 Å². The fourth-order valence-corrected chi connectivity index (χ4v) is 2.05. The number of ether oxygens (including phenoxy) is 2. The Morgan fingerprint density at radius 1 is 1.27 bits per heavy atom. The highest BCUT2D eigenvalue weighted by Gasteiger charge is 2.14. The molecule has 116 valence electrons. The van der Waals surface area contributed by atoms with Gasteiger partial charge < -0.3 is 19.7 Å². The molecule has 0 saturated heterocycles. The van der Waals surface area contributed by atoms with Crippen molar-refractivity contribution >= 4 is 28.6 Å². The topological polar surface area (TPSA) is 80.8 Å². The molecule has 0 bridgehead atoms. The second kappa shape index (κ2) is 6.75. The number of amides is 2. The van der Waals surface area contributed by atoms with Crippen LogP contribution in [-0.2, 0) is 9.53 Å². The van der Waals surface area contributed by atoms with E-state index in [0.717, 1.165) is 5.39 Å². The molecule has 1 N–H and O–H groups in total. The molecule has 1 aromatic carbocycles. The van der Waals surface area contributed by atoms with Crippen molar-refractivity contribution in [2.75, 3.05) is 33.1 Å². The lowest BCUT2D eigenvalue weighted by atomic mass is 10.1. The molecule has 0 aliphatic carbocycles. The number of likely N-dealkylation sites (N-methyl/N-ethyl adjacent to an activating group) is 1. The van der Waals surface area contributed by atoms with Gasteiger partial charge in [-0.15, -0.1) is 0 Å². The number of hydrogen-bond acceptors (Lipinski definition) is 5. The molecule has 22 heavy (non-hydrogen) atoms. The summed E-state index contributed by atoms with van der Waals surface area (Å²) in [5.41, 5.74) is 1.26. The van der Waals surface area contributed by atoms with Crippen LogP contribution in [-0.4, -0.2) is 49.7 Å². The van der Waals surface area contributed by atoms with Crippen LogP contribution < -0.4 is 10.1 Å². The van der Waals surface area contributed by atoms with Gasteiger partial charge in [-0.2, -0.15) is 0 Å². The van der Waals surface area contributed by atoms with Crippen LogP contribution in [0.5, 0.6) is 5.75 Å². The van der Waals surface area contributed by atoms with E-state index in [1.807, 2.05) is 6.07 Å². The molecule has 2 rings (SSSR count). The van der Waals surface area contributed by atoms with Crippen LogP contribution in [0.4, 0.5) is 10.5 Å². The molecule has 0 spiro atoms. The smallest absolute Gasteiger partial charge is 0.409 e. The molecule has 1 heterocycles. The number of hydrogen-bond donors (Lipinski definition) is 1. The van der Waals surface area contributed by atoms with Gasteiger partial charge in [0.1, 0.15) is 17.8 Å². The van der Waals surface area contributed by atoms with Crippen LogP contribution in [0, 0.1) is 0 Å². The second-order valence-electron chi connectivity index (χ2n) is 4.59. The highest BCUT2D eigenvalue weighted by molar-refractivity contribution is 6.03. The van der Waals surface area contributed by atoms with Gasteiger partial charge >= 0.3 is 6.09 Å². The molecule has 0 atom stereocenters. The molecule has 0 radical (unpaired) electrons. The molecule has 7 nitrogen and oxygen atoms in total. The van der Waals surface area contributed by atoms with Gasteiger partial charge in [-0.3, -0.25) is 9.78 Å². The van der Waals surface area contributed by atoms with Crippen LogP contribution >= 0.6 is 0 Å². The van der Waals surface area contributed by atoms with Crippen LogP contribution in [0.1, 0.15) is 0 Å². The molecule has 2 aromatic rings. The van der Waals surface area contributed by atoms with Crippen molar-refractivity contribution in [1.29, 1.82) is 0 Å². The van der Waals surface area contributed by atoms with Crippen molar-refractivity contribution < 1.29 is 19.1 Å². The first-order chi connectivity index (χ1) is 10.6. The Hall–Kier alpha value is -2.83. The number of fused-ring (bicyclic) bond motifs is 1. The number of anilines is 1. The predicted octanol–water partition coefficient (Wildman–Crippen LogP) is 1.88. The van der Waals surface area contributed by atoms with Crippen LogP contribution in [0.25, 0.3) is 10.9 Å². The van der Waals surface area contributed by atoms with Crippen LogP contribution in [0.2, 0.25) is 0 Å². The minimum absolute atomic E-state index is 0.111. The summed E-state index contributed by atoms with van der Waals surface area (Å²) in [6, 6.07) is 7.08. The van der Waals surface area contributed by atoms with Crippen molar-refractivity contribution in [2.24, 2.45) is 0 Å². The van der Waals surface area contributed by atoms with Crippen LogP contribution in [0.15, 0.2) is 30.5 Å². The Kier molecular flexibility index (Phi) is 4.77. The Morgan fingerprint density at radius 3 is 2.73 bits per heavy atom. The number of benzene rings is 1. The van der Waals surface area contributed by atoms with E-state index in [1.165, 1.54) is 19.1 Å². The molecule has 1 aromatic heterocycles. The van der Waals surface area contributed by atoms with E-state index in [-0.39, 0.29) is 12.5 Å². The predicted molar refractivity (Wildman–Crippen MR) is 82.0 cm³/mol. The third-order valence-electron chi connectivity index (χ3n) is 3.09. The lowest BCUT2D eigenvalue weighted by Gasteiger charge is -2.16. The minimum Gasteiger partial charge on any atom is -0.494 e. The molecule has 0 aliphatic rings. The van der Waals surface area contributed by atoms with Crippen molar-refractivity contribution in [3.05, 3.63) is 30.5 Å². The van der Waals surface area contributed by atoms with Gasteiger partial charge in [-0.25, -0.2) is 4.79 Å². The average molecular weight is 303 g/mol. The zero-order valence-corrected chi connectivity index (χ0v) is 12.6. The molecule has 0 unspecified atom stereocenters. The van der Waals surface area contributed by atoms with E-state index in [9.17, 15) is 9.59 Å². The number of nitrogens with zero attached hydrogens (tertiary/aromatic N) is 2. The Morgan fingerprint density at radius 2 is 2.05 bits per heavy atom. The van der Waals surface area contributed by atoms with E-state index >= 15 is 0 Å². The zero-order valence-electron chi connectivity index (χ0n) is 12.6. The summed E-state index contributed by atoms with van der Waals surface area (Å²) >= 11 is 0. The van der Waals surface area contributed by atoms with E-state index in [1.54, 1.807) is 31.5 Å². The Labute approximate surface area is 127 Å². The van der Waals surface area contributed by atoms with Gasteiger partial charge in [0, 0.05) is 18.6 Å². The maximum absolute atomic E-state index is 12.0. The zero-order chi connectivity index (χ0) is 16.1. The van der Waals surface area contributed by atoms with Gasteiger partial charge in [0.05, 0.1) is 19.9 Å². The van der Waals surface area contributed by atoms with Crippen molar-refractivity contribution in [3.8, 4) is 5.75 Å². The van der Waals surface area contributed by atoms with E-state index < -0.39 is 6.09 Å². The molecule has 2 amide bonds. The molecule has 0 aliphatic heterocycles. The molecule has 0 fully saturated rings. The van der Waals surface area contributed by atoms with E-state index in [2.05, 4.69) is 15.0 Å². The third-order valence-corrected chi connectivity index (χ3v) is 3.09. The summed E-state index contributed by atoms with van der Waals surface area (Å²) in [6.07, 6.45) is 1.08. The number of pyridine rings is 1. The van der Waals surface area contributed by atoms with Gasteiger partial charge in [0.2, 0.25) is 5.91 Å². The normalized spacial score (nSPS) is 10.1. The number of carbonyl (C=O) groups is 2. The van der Waals surface area contributed by atoms with Crippen molar-refractivity contribution in [2.45, 2.75) is 0 Å². The standard InChI is InChI=1S/C15H17N3O4/c1-18(15(20)22-3)9-13(19)17-11-6-7-12(21-2)14-10(11)5-4-8-16-14/h4-8H,9H2,1-3H3,(H,17,19). The number of nitrogens with one attached hydrogen (secondary N) is 1. The third kappa shape index (κ3) is 3.25. The van der Waals surface area contributed by atoms with Gasteiger partial charge in [-0.1, -0.05) is 0 Å². The first-order valence-corrected chi connectivity index (χ1v) is 6.57. The quantitative estimate of drug-likeness (QED) is 0.932. The fraction of sp³-hybridized carbons (Fsp3) is 0.267. The number of carbonyl (C=O) groups excluding carboxylic acids is 2. The molecular weight excluding hydrogens is 286 g/mol. The number of rotatable bonds is 4. The second-order valence-corrected chi connectivity index (χ2v) is 4.59. The minimum atomic E-state index is -0.573. The average Bonchev–Trinajstić information content (AvgIpc) is 2.54. The highest BCUT2D eigenvalue weighted by atomic mass is 16.5. The molecule has 0 saturated carbocycles. The van der Waals surface area contributed by atoms with E-state index in [4.69, 9.17) is 4.74 Å². The lowest BCUT2D eigenvalue weighted by molar-refractivity contribution is -0.116. The maximum Gasteiger partial charge on any atom is 0.409 e. The summed E-state index contributed by atoms with van der Waals surface area (Å²) < 4.78 is 9.80. The van der Waals surface area contributed by atoms with Crippen LogP contribution in [0.3, 0.4) is 0 Å². The summed E-state index contributed by atoms with van der Waals surface area (Å²) in [5.74, 6) is 0.295. The van der Waals surface area contributed by atoms with Gasteiger partial charge in [0.15, 0.2) is 0 Å². The summed E-state index contributed by atoms with van der Waals surface area (Å²) in [7, 11) is 4.31. The van der Waals surface area contributed by atoms with E-state index in [0.29, 0.717) is 17.0 Å². The maximum atomic E-state index is 12.0.